The smallest absolute Gasteiger partial charge is 0.196 e. The number of benzene rings is 4. The first-order valence-electron chi connectivity index (χ1n) is 18.4. The van der Waals surface area contributed by atoms with Crippen LogP contribution in [0.4, 0.5) is 0 Å². The van der Waals surface area contributed by atoms with E-state index in [1.54, 1.807) is 38.1 Å². The fraction of sp³-hybridized carbons (Fsp3) is 0.318. The molecule has 0 saturated carbocycles. The lowest BCUT2D eigenvalue weighted by Gasteiger charge is -2.10. The van der Waals surface area contributed by atoms with Crippen molar-refractivity contribution < 1.29 is 42.0 Å². The molecule has 2 aromatic heterocycles. The van der Waals surface area contributed by atoms with E-state index >= 15 is 0 Å². The molecular weight excluding hydrogens is 704 g/mol. The van der Waals surface area contributed by atoms with E-state index in [1.807, 2.05) is 72.8 Å². The van der Waals surface area contributed by atoms with Crippen LogP contribution in [0.5, 0.6) is 11.5 Å². The van der Waals surface area contributed by atoms with Crippen molar-refractivity contribution in [3.8, 4) is 34.1 Å². The molecule has 0 bridgehead atoms. The molecule has 11 nitrogen and oxygen atoms in total. The van der Waals surface area contributed by atoms with E-state index in [0.29, 0.717) is 135 Å². The van der Waals surface area contributed by atoms with Gasteiger partial charge in [0.15, 0.2) is 10.9 Å². The molecule has 6 rings (SSSR count). The van der Waals surface area contributed by atoms with Gasteiger partial charge in [0.1, 0.15) is 47.4 Å². The summed E-state index contributed by atoms with van der Waals surface area (Å²) in [6, 6.07) is 29.5. The Morgan fingerprint density at radius 1 is 0.400 bits per heavy atom. The lowest BCUT2D eigenvalue weighted by Crippen LogP contribution is -2.15. The molecule has 4 aromatic carbocycles. The monoisotopic (exact) mass is 750 g/mol. The van der Waals surface area contributed by atoms with Gasteiger partial charge in [0.2, 0.25) is 0 Å². The first-order chi connectivity index (χ1) is 27.0. The summed E-state index contributed by atoms with van der Waals surface area (Å²) in [6.07, 6.45) is 0. The summed E-state index contributed by atoms with van der Waals surface area (Å²) in [5, 5.41) is 1.16. The Labute approximate surface area is 319 Å². The lowest BCUT2D eigenvalue weighted by atomic mass is 10.1. The third-order valence-electron chi connectivity index (χ3n) is 8.76. The minimum absolute atomic E-state index is 0.0257. The van der Waals surface area contributed by atoms with Gasteiger partial charge in [0.25, 0.3) is 0 Å². The van der Waals surface area contributed by atoms with Crippen LogP contribution in [-0.2, 0) is 23.7 Å². The minimum atomic E-state index is -0.0257. The van der Waals surface area contributed by atoms with Crippen LogP contribution in [0.3, 0.4) is 0 Å². The number of rotatable bonds is 22. The van der Waals surface area contributed by atoms with Crippen molar-refractivity contribution in [2.24, 2.45) is 0 Å². The summed E-state index contributed by atoms with van der Waals surface area (Å²) < 4.78 is 51.4. The number of hydrogen-bond donors (Lipinski definition) is 0. The average Bonchev–Trinajstić information content (AvgIpc) is 3.22. The van der Waals surface area contributed by atoms with Crippen LogP contribution in [0.25, 0.3) is 44.6 Å². The first kappa shape index (κ1) is 39.4. The third-order valence-corrected chi connectivity index (χ3v) is 8.76. The standard InChI is InChI=1S/C44H46O11/c1-31-41(45)37-7-3-5-9-39(37)54-43(31)33-11-15-35(16-12-33)52-29-27-50-25-23-48-21-19-47-20-22-49-24-26-51-28-30-53-36-17-13-34(14-18-36)44-32(2)42(46)38-8-4-6-10-40(38)55-44/h3-18H,19-30H2,1-2H3. The fourth-order valence-corrected chi connectivity index (χ4v) is 5.84. The SMILES string of the molecule is Cc1c(-c2ccc(OCCOCCOCCOCCOCCOCCOc3ccc(-c4oc5ccccc5c(=O)c4C)cc3)cc2)oc2ccccc2c1=O. The van der Waals surface area contributed by atoms with Crippen LogP contribution in [0.1, 0.15) is 11.1 Å². The van der Waals surface area contributed by atoms with E-state index in [1.165, 1.54) is 0 Å². The summed E-state index contributed by atoms with van der Waals surface area (Å²) in [5.74, 6) is 2.53. The molecule has 0 atom stereocenters. The lowest BCUT2D eigenvalue weighted by molar-refractivity contribution is -0.0141. The van der Waals surface area contributed by atoms with Gasteiger partial charge in [-0.05, 0) is 86.6 Å². The highest BCUT2D eigenvalue weighted by Crippen LogP contribution is 2.28. The van der Waals surface area contributed by atoms with Crippen LogP contribution in [0, 0.1) is 13.8 Å². The second kappa shape index (κ2) is 20.4. The molecular formula is C44H46O11. The van der Waals surface area contributed by atoms with Gasteiger partial charge in [-0.1, -0.05) is 24.3 Å². The number of fused-ring (bicyclic) bond motifs is 2. The van der Waals surface area contributed by atoms with Gasteiger partial charge in [-0.3, -0.25) is 9.59 Å². The fourth-order valence-electron chi connectivity index (χ4n) is 5.84. The van der Waals surface area contributed by atoms with Gasteiger partial charge in [-0.25, -0.2) is 0 Å². The highest BCUT2D eigenvalue weighted by atomic mass is 16.6. The van der Waals surface area contributed by atoms with Crippen molar-refractivity contribution in [2.45, 2.75) is 13.8 Å². The maximum Gasteiger partial charge on any atom is 0.196 e. The largest absolute Gasteiger partial charge is 0.491 e. The Morgan fingerprint density at radius 2 is 0.709 bits per heavy atom. The molecule has 6 aromatic rings. The van der Waals surface area contributed by atoms with Gasteiger partial charge < -0.3 is 42.0 Å². The van der Waals surface area contributed by atoms with Gasteiger partial charge in [0.05, 0.1) is 76.8 Å². The summed E-state index contributed by atoms with van der Waals surface area (Å²) in [7, 11) is 0. The van der Waals surface area contributed by atoms with E-state index in [-0.39, 0.29) is 10.9 Å². The maximum absolute atomic E-state index is 12.7. The van der Waals surface area contributed by atoms with Crippen molar-refractivity contribution in [1.29, 1.82) is 0 Å². The van der Waals surface area contributed by atoms with Crippen LogP contribution >= 0.6 is 0 Å². The summed E-state index contributed by atoms with van der Waals surface area (Å²) in [5.41, 5.74) is 3.87. The molecule has 288 valence electrons. The molecule has 0 saturated heterocycles. The van der Waals surface area contributed by atoms with Crippen LogP contribution in [0.15, 0.2) is 115 Å². The van der Waals surface area contributed by atoms with E-state index < -0.39 is 0 Å². The molecule has 55 heavy (non-hydrogen) atoms. The Morgan fingerprint density at radius 3 is 1.05 bits per heavy atom. The van der Waals surface area contributed by atoms with Crippen LogP contribution < -0.4 is 20.3 Å². The van der Waals surface area contributed by atoms with Gasteiger partial charge in [-0.15, -0.1) is 0 Å². The predicted molar refractivity (Wildman–Crippen MR) is 210 cm³/mol. The quantitative estimate of drug-likeness (QED) is 0.0645. The zero-order chi connectivity index (χ0) is 38.2. The molecule has 0 radical (unpaired) electrons. The van der Waals surface area contributed by atoms with E-state index in [2.05, 4.69) is 0 Å². The Balaban J connectivity index is 0.724. The van der Waals surface area contributed by atoms with Crippen molar-refractivity contribution >= 4 is 21.9 Å². The molecule has 0 aliphatic heterocycles. The number of para-hydroxylation sites is 2. The molecule has 0 aliphatic carbocycles. The van der Waals surface area contributed by atoms with Gasteiger partial charge in [-0.2, -0.15) is 0 Å². The third kappa shape index (κ3) is 10.9. The van der Waals surface area contributed by atoms with Crippen LogP contribution in [0.2, 0.25) is 0 Å². The molecule has 0 unspecified atom stereocenters. The maximum atomic E-state index is 12.7. The van der Waals surface area contributed by atoms with E-state index in [4.69, 9.17) is 42.0 Å². The van der Waals surface area contributed by atoms with E-state index in [9.17, 15) is 9.59 Å². The van der Waals surface area contributed by atoms with Crippen molar-refractivity contribution in [1.82, 2.24) is 0 Å². The summed E-state index contributed by atoms with van der Waals surface area (Å²) >= 11 is 0. The molecule has 11 heteroatoms. The van der Waals surface area contributed by atoms with Crippen molar-refractivity contribution in [3.63, 3.8) is 0 Å². The first-order valence-corrected chi connectivity index (χ1v) is 18.4. The number of ether oxygens (including phenoxy) is 7. The topological polar surface area (TPSA) is 125 Å². The van der Waals surface area contributed by atoms with Crippen molar-refractivity contribution in [3.05, 3.63) is 129 Å². The Kier molecular flexibility index (Phi) is 14.6. The normalized spacial score (nSPS) is 11.4. The summed E-state index contributed by atoms with van der Waals surface area (Å²) in [4.78, 5) is 25.5. The Bertz CT molecular complexity index is 2060. The van der Waals surface area contributed by atoms with Gasteiger partial charge >= 0.3 is 0 Å². The highest BCUT2D eigenvalue weighted by Gasteiger charge is 2.14. The molecule has 2 heterocycles. The molecule has 0 N–H and O–H groups in total. The predicted octanol–water partition coefficient (Wildman–Crippen LogP) is 7.39. The molecule has 0 amide bonds. The van der Waals surface area contributed by atoms with Crippen LogP contribution in [-0.4, -0.2) is 79.3 Å². The van der Waals surface area contributed by atoms with Crippen molar-refractivity contribution in [2.75, 3.05) is 79.3 Å². The van der Waals surface area contributed by atoms with Gasteiger partial charge in [0, 0.05) is 22.3 Å². The zero-order valence-corrected chi connectivity index (χ0v) is 31.2. The molecule has 0 aliphatic rings. The summed E-state index contributed by atoms with van der Waals surface area (Å²) in [6.45, 7) is 8.92. The highest BCUT2D eigenvalue weighted by molar-refractivity contribution is 5.81. The second-order valence-corrected chi connectivity index (χ2v) is 12.6. The second-order valence-electron chi connectivity index (χ2n) is 12.6. The zero-order valence-electron chi connectivity index (χ0n) is 31.2. The molecule has 0 fully saturated rings. The molecule has 0 spiro atoms. The van der Waals surface area contributed by atoms with E-state index in [0.717, 1.165) is 11.1 Å². The number of hydrogen-bond acceptors (Lipinski definition) is 11. The minimum Gasteiger partial charge on any atom is -0.491 e. The average molecular weight is 751 g/mol. The Hall–Kier alpha value is -5.30.